The van der Waals surface area contributed by atoms with Crippen molar-refractivity contribution in [3.63, 3.8) is 0 Å². The summed E-state index contributed by atoms with van der Waals surface area (Å²) in [7, 11) is 1.90. The first-order valence-corrected chi connectivity index (χ1v) is 8.69. The van der Waals surface area contributed by atoms with Crippen LogP contribution in [0.15, 0.2) is 0 Å². The Morgan fingerprint density at radius 2 is 1.71 bits per heavy atom. The summed E-state index contributed by atoms with van der Waals surface area (Å²) >= 11 is 0. The average Bonchev–Trinajstić information content (AvgIpc) is 2.50. The maximum absolute atomic E-state index is 12.3. The molecule has 1 unspecified atom stereocenters. The van der Waals surface area contributed by atoms with Crippen molar-refractivity contribution in [1.82, 2.24) is 10.2 Å². The predicted molar refractivity (Wildman–Crippen MR) is 85.2 cm³/mol. The van der Waals surface area contributed by atoms with Crippen molar-refractivity contribution in [3.05, 3.63) is 0 Å². The molecule has 4 heteroatoms. The van der Waals surface area contributed by atoms with Gasteiger partial charge in [0.1, 0.15) is 0 Å². The molecule has 1 atom stereocenters. The number of amides is 1. The zero-order valence-electron chi connectivity index (χ0n) is 13.9. The van der Waals surface area contributed by atoms with E-state index in [-0.39, 0.29) is 11.8 Å². The molecule has 2 rings (SSSR count). The molecular weight excluding hydrogens is 264 g/mol. The van der Waals surface area contributed by atoms with E-state index in [9.17, 15) is 4.79 Å². The van der Waals surface area contributed by atoms with Gasteiger partial charge in [0.05, 0.1) is 12.2 Å². The fourth-order valence-corrected chi connectivity index (χ4v) is 3.56. The number of likely N-dealkylation sites (tertiary alicyclic amines) is 1. The quantitative estimate of drug-likeness (QED) is 0.847. The lowest BCUT2D eigenvalue weighted by Crippen LogP contribution is -2.45. The molecule has 122 valence electrons. The van der Waals surface area contributed by atoms with Gasteiger partial charge in [0.25, 0.3) is 0 Å². The Kier molecular flexibility index (Phi) is 6.49. The smallest absolute Gasteiger partial charge is 0.226 e. The molecule has 1 heterocycles. The van der Waals surface area contributed by atoms with Crippen LogP contribution >= 0.6 is 0 Å². The number of piperidine rings is 1. The number of hydrogen-bond acceptors (Lipinski definition) is 3. The monoisotopic (exact) mass is 296 g/mol. The summed E-state index contributed by atoms with van der Waals surface area (Å²) in [6.45, 7) is 6.83. The van der Waals surface area contributed by atoms with E-state index in [4.69, 9.17) is 4.74 Å². The second-order valence-electron chi connectivity index (χ2n) is 7.00. The Morgan fingerprint density at radius 3 is 2.29 bits per heavy atom. The van der Waals surface area contributed by atoms with Crippen molar-refractivity contribution in [3.8, 4) is 0 Å². The second kappa shape index (κ2) is 8.14. The minimum absolute atomic E-state index is 0.0762. The molecule has 0 radical (unpaired) electrons. The van der Waals surface area contributed by atoms with Gasteiger partial charge < -0.3 is 15.0 Å². The Hall–Kier alpha value is -0.610. The van der Waals surface area contributed by atoms with Crippen molar-refractivity contribution in [2.45, 2.75) is 64.6 Å². The standard InChI is InChI=1S/C17H32N2O2/c1-13-4-6-15(7-5-13)21-16-8-10-19(11-9-16)17(20)14(2)12-18-3/h13-16,18H,4-12H2,1-3H3. The number of ether oxygens (including phenoxy) is 1. The summed E-state index contributed by atoms with van der Waals surface area (Å²) in [5.41, 5.74) is 0. The molecule has 1 aliphatic carbocycles. The molecule has 2 aliphatic rings. The van der Waals surface area contributed by atoms with Crippen LogP contribution in [0.4, 0.5) is 0 Å². The molecule has 4 nitrogen and oxygen atoms in total. The van der Waals surface area contributed by atoms with Gasteiger partial charge in [0, 0.05) is 25.6 Å². The Balaban J connectivity index is 1.69. The maximum Gasteiger partial charge on any atom is 0.226 e. The van der Waals surface area contributed by atoms with Gasteiger partial charge >= 0.3 is 0 Å². The van der Waals surface area contributed by atoms with Crippen LogP contribution in [0.2, 0.25) is 0 Å². The zero-order valence-corrected chi connectivity index (χ0v) is 13.9. The minimum Gasteiger partial charge on any atom is -0.375 e. The van der Waals surface area contributed by atoms with Gasteiger partial charge in [-0.25, -0.2) is 0 Å². The van der Waals surface area contributed by atoms with Crippen LogP contribution in [0, 0.1) is 11.8 Å². The fourth-order valence-electron chi connectivity index (χ4n) is 3.56. The highest BCUT2D eigenvalue weighted by molar-refractivity contribution is 5.78. The summed E-state index contributed by atoms with van der Waals surface area (Å²) in [5, 5.41) is 3.08. The molecule has 0 bridgehead atoms. The topological polar surface area (TPSA) is 41.6 Å². The van der Waals surface area contributed by atoms with Gasteiger partial charge in [0.2, 0.25) is 5.91 Å². The Morgan fingerprint density at radius 1 is 1.14 bits per heavy atom. The molecule has 1 saturated carbocycles. The van der Waals surface area contributed by atoms with Crippen molar-refractivity contribution in [2.24, 2.45) is 11.8 Å². The molecule has 0 aromatic rings. The SMILES string of the molecule is CNCC(C)C(=O)N1CCC(OC2CCC(C)CC2)CC1. The summed E-state index contributed by atoms with van der Waals surface area (Å²) in [6.07, 6.45) is 7.91. The maximum atomic E-state index is 12.3. The molecule has 1 amide bonds. The van der Waals surface area contributed by atoms with E-state index in [1.807, 2.05) is 18.9 Å². The van der Waals surface area contributed by atoms with E-state index < -0.39 is 0 Å². The van der Waals surface area contributed by atoms with Crippen LogP contribution in [-0.4, -0.2) is 49.7 Å². The molecule has 21 heavy (non-hydrogen) atoms. The lowest BCUT2D eigenvalue weighted by molar-refractivity contribution is -0.138. The summed E-state index contributed by atoms with van der Waals surface area (Å²) in [6, 6.07) is 0. The zero-order chi connectivity index (χ0) is 15.2. The van der Waals surface area contributed by atoms with E-state index in [1.54, 1.807) is 0 Å². The van der Waals surface area contributed by atoms with Crippen molar-refractivity contribution >= 4 is 5.91 Å². The van der Waals surface area contributed by atoms with Crippen molar-refractivity contribution < 1.29 is 9.53 Å². The fraction of sp³-hybridized carbons (Fsp3) is 0.941. The lowest BCUT2D eigenvalue weighted by atomic mass is 9.88. The number of carbonyl (C=O) groups excluding carboxylic acids is 1. The normalized spacial score (nSPS) is 29.4. The average molecular weight is 296 g/mol. The molecule has 1 aliphatic heterocycles. The highest BCUT2D eigenvalue weighted by Gasteiger charge is 2.28. The van der Waals surface area contributed by atoms with Gasteiger partial charge in [-0.15, -0.1) is 0 Å². The first kappa shape index (κ1) is 16.8. The van der Waals surface area contributed by atoms with Gasteiger partial charge in [-0.2, -0.15) is 0 Å². The number of hydrogen-bond donors (Lipinski definition) is 1. The van der Waals surface area contributed by atoms with E-state index in [1.165, 1.54) is 25.7 Å². The van der Waals surface area contributed by atoms with Crippen LogP contribution in [0.5, 0.6) is 0 Å². The molecule has 2 fully saturated rings. The summed E-state index contributed by atoms with van der Waals surface area (Å²) in [5.74, 6) is 1.24. The number of carbonyl (C=O) groups is 1. The minimum atomic E-state index is 0.0762. The van der Waals surface area contributed by atoms with E-state index >= 15 is 0 Å². The molecule has 1 saturated heterocycles. The lowest BCUT2D eigenvalue weighted by Gasteiger charge is -2.36. The first-order valence-electron chi connectivity index (χ1n) is 8.69. The van der Waals surface area contributed by atoms with Crippen LogP contribution in [0.25, 0.3) is 0 Å². The van der Waals surface area contributed by atoms with Gasteiger partial charge in [-0.1, -0.05) is 13.8 Å². The number of nitrogens with one attached hydrogen (secondary N) is 1. The summed E-state index contributed by atoms with van der Waals surface area (Å²) < 4.78 is 6.27. The van der Waals surface area contributed by atoms with E-state index in [0.29, 0.717) is 12.2 Å². The highest BCUT2D eigenvalue weighted by atomic mass is 16.5. The third kappa shape index (κ3) is 4.96. The predicted octanol–water partition coefficient (Wildman–Crippen LogP) is 2.43. The highest BCUT2D eigenvalue weighted by Crippen LogP contribution is 2.28. The molecule has 1 N–H and O–H groups in total. The van der Waals surface area contributed by atoms with E-state index in [0.717, 1.165) is 38.4 Å². The number of nitrogens with zero attached hydrogens (tertiary/aromatic N) is 1. The van der Waals surface area contributed by atoms with Gasteiger partial charge in [0.15, 0.2) is 0 Å². The van der Waals surface area contributed by atoms with Crippen LogP contribution < -0.4 is 5.32 Å². The van der Waals surface area contributed by atoms with Crippen LogP contribution in [0.3, 0.4) is 0 Å². The molecule has 0 aromatic heterocycles. The number of rotatable bonds is 5. The first-order chi connectivity index (χ1) is 10.1. The van der Waals surface area contributed by atoms with Crippen LogP contribution in [0.1, 0.15) is 52.4 Å². The Bertz CT molecular complexity index is 319. The molecular formula is C17H32N2O2. The van der Waals surface area contributed by atoms with Gasteiger partial charge in [-0.05, 0) is 51.5 Å². The largest absolute Gasteiger partial charge is 0.375 e. The van der Waals surface area contributed by atoms with Crippen LogP contribution in [-0.2, 0) is 9.53 Å². The van der Waals surface area contributed by atoms with E-state index in [2.05, 4.69) is 12.2 Å². The third-order valence-corrected chi connectivity index (χ3v) is 5.03. The molecule has 0 aromatic carbocycles. The Labute approximate surface area is 129 Å². The summed E-state index contributed by atoms with van der Waals surface area (Å²) in [4.78, 5) is 14.3. The third-order valence-electron chi connectivity index (χ3n) is 5.03. The second-order valence-corrected chi connectivity index (χ2v) is 7.00. The van der Waals surface area contributed by atoms with Crippen molar-refractivity contribution in [1.29, 1.82) is 0 Å². The van der Waals surface area contributed by atoms with Crippen molar-refractivity contribution in [2.75, 3.05) is 26.7 Å². The van der Waals surface area contributed by atoms with Gasteiger partial charge in [-0.3, -0.25) is 4.79 Å². The molecule has 0 spiro atoms.